The summed E-state index contributed by atoms with van der Waals surface area (Å²) in [6.45, 7) is 0.147. The molecule has 0 unspecified atom stereocenters. The molecule has 2 aliphatic heterocycles. The van der Waals surface area contributed by atoms with Crippen LogP contribution in [0.25, 0.3) is 0 Å². The minimum atomic E-state index is -1.37. The average molecular weight is 389 g/mol. The van der Waals surface area contributed by atoms with Crippen molar-refractivity contribution in [2.45, 2.75) is 37.0 Å². The maximum Gasteiger partial charge on any atom is 0.269 e. The van der Waals surface area contributed by atoms with Gasteiger partial charge in [-0.05, 0) is 12.1 Å². The van der Waals surface area contributed by atoms with Crippen molar-refractivity contribution in [1.82, 2.24) is 0 Å². The number of hydrogen-bond donors (Lipinski definition) is 2. The molecule has 148 valence electrons. The Morgan fingerprint density at radius 1 is 1.00 bits per heavy atom. The van der Waals surface area contributed by atoms with E-state index in [4.69, 9.17) is 18.9 Å². The van der Waals surface area contributed by atoms with Gasteiger partial charge in [0.05, 0.1) is 11.5 Å². The van der Waals surface area contributed by atoms with E-state index < -0.39 is 41.9 Å². The van der Waals surface area contributed by atoms with E-state index in [0.717, 1.165) is 5.56 Å². The second kappa shape index (κ2) is 7.82. The molecule has 4 rings (SSSR count). The Bertz CT molecular complexity index is 812. The van der Waals surface area contributed by atoms with Crippen LogP contribution in [0.2, 0.25) is 0 Å². The van der Waals surface area contributed by atoms with E-state index in [2.05, 4.69) is 0 Å². The molecule has 0 bridgehead atoms. The summed E-state index contributed by atoms with van der Waals surface area (Å²) in [5.74, 6) is 0.264. The fourth-order valence-corrected chi connectivity index (χ4v) is 3.23. The van der Waals surface area contributed by atoms with Crippen LogP contribution in [0.3, 0.4) is 0 Å². The zero-order valence-electron chi connectivity index (χ0n) is 14.7. The van der Waals surface area contributed by atoms with E-state index in [-0.39, 0.29) is 18.0 Å². The van der Waals surface area contributed by atoms with Crippen LogP contribution in [0.1, 0.15) is 11.9 Å². The molecule has 0 amide bonds. The van der Waals surface area contributed by atoms with Crippen molar-refractivity contribution >= 4 is 5.69 Å². The first-order valence-electron chi connectivity index (χ1n) is 8.77. The summed E-state index contributed by atoms with van der Waals surface area (Å²) in [4.78, 5) is 10.2. The molecule has 0 aromatic heterocycles. The molecule has 2 N–H and O–H groups in total. The lowest BCUT2D eigenvalue weighted by atomic mass is 9.98. The van der Waals surface area contributed by atoms with Gasteiger partial charge in [-0.1, -0.05) is 30.3 Å². The maximum absolute atomic E-state index is 10.7. The molecule has 28 heavy (non-hydrogen) atoms. The first-order chi connectivity index (χ1) is 13.5. The Morgan fingerprint density at radius 3 is 2.39 bits per heavy atom. The minimum absolute atomic E-state index is 0.0846. The van der Waals surface area contributed by atoms with Crippen LogP contribution < -0.4 is 4.74 Å². The number of nitrogens with zero attached hydrogens (tertiary/aromatic N) is 1. The van der Waals surface area contributed by atoms with Crippen LogP contribution >= 0.6 is 0 Å². The van der Waals surface area contributed by atoms with E-state index in [9.17, 15) is 20.3 Å². The van der Waals surface area contributed by atoms with Gasteiger partial charge in [0, 0.05) is 17.7 Å². The summed E-state index contributed by atoms with van der Waals surface area (Å²) in [5, 5.41) is 31.7. The van der Waals surface area contributed by atoms with Gasteiger partial charge in [0.15, 0.2) is 6.29 Å². The van der Waals surface area contributed by atoms with Crippen LogP contribution in [0.5, 0.6) is 5.75 Å². The molecule has 2 heterocycles. The fraction of sp³-hybridized carbons (Fsp3) is 0.368. The summed E-state index contributed by atoms with van der Waals surface area (Å²) >= 11 is 0. The Morgan fingerprint density at radius 2 is 1.71 bits per heavy atom. The minimum Gasteiger partial charge on any atom is -0.462 e. The van der Waals surface area contributed by atoms with Crippen LogP contribution in [0.4, 0.5) is 5.69 Å². The van der Waals surface area contributed by atoms with Gasteiger partial charge in [-0.25, -0.2) is 0 Å². The Balaban J connectivity index is 1.43. The van der Waals surface area contributed by atoms with Gasteiger partial charge in [0.1, 0.15) is 30.2 Å². The predicted octanol–water partition coefficient (Wildman–Crippen LogP) is 1.53. The molecule has 0 aliphatic carbocycles. The number of nitro benzene ring substituents is 1. The van der Waals surface area contributed by atoms with E-state index in [1.165, 1.54) is 24.3 Å². The smallest absolute Gasteiger partial charge is 0.269 e. The zero-order valence-corrected chi connectivity index (χ0v) is 14.7. The van der Waals surface area contributed by atoms with Gasteiger partial charge in [-0.3, -0.25) is 10.1 Å². The molecule has 9 heteroatoms. The molecule has 2 fully saturated rings. The largest absolute Gasteiger partial charge is 0.462 e. The standard InChI is InChI=1S/C19H19NO8/c21-15-16(22)19(26-13-8-6-12(7-9-13)20(23)24)27-14-10-25-18(28-17(14)15)11-4-2-1-3-5-11/h1-9,14-19,21-22H,10H2/t14-,15-,16-,17-,18+,19-/m1/s1. The summed E-state index contributed by atoms with van der Waals surface area (Å²) in [6, 6.07) is 14.6. The number of aliphatic hydroxyl groups is 2. The number of hydrogen-bond acceptors (Lipinski definition) is 8. The summed E-state index contributed by atoms with van der Waals surface area (Å²) in [7, 11) is 0. The van der Waals surface area contributed by atoms with Crippen molar-refractivity contribution in [3.63, 3.8) is 0 Å². The van der Waals surface area contributed by atoms with Crippen molar-refractivity contribution in [2.75, 3.05) is 6.61 Å². The lowest BCUT2D eigenvalue weighted by molar-refractivity contribution is -0.384. The number of nitro groups is 1. The topological polar surface area (TPSA) is 121 Å². The molecular weight excluding hydrogens is 370 g/mol. The Kier molecular flexibility index (Phi) is 5.25. The predicted molar refractivity (Wildman–Crippen MR) is 94.4 cm³/mol. The number of ether oxygens (including phenoxy) is 4. The lowest BCUT2D eigenvalue weighted by Gasteiger charge is -2.46. The molecule has 0 saturated carbocycles. The van der Waals surface area contributed by atoms with E-state index in [1.54, 1.807) is 0 Å². The maximum atomic E-state index is 10.7. The summed E-state index contributed by atoms with van der Waals surface area (Å²) in [6.07, 6.45) is -5.88. The number of rotatable bonds is 4. The van der Waals surface area contributed by atoms with Gasteiger partial charge >= 0.3 is 0 Å². The SMILES string of the molecule is O=[N+]([O-])c1ccc(O[C@@H]2O[C@@H]3CO[C@H](c4ccccc4)O[C@H]3[C@H](O)[C@H]2O)cc1. The molecule has 6 atom stereocenters. The highest BCUT2D eigenvalue weighted by atomic mass is 16.8. The Labute approximate surface area is 160 Å². The van der Waals surface area contributed by atoms with Crippen molar-refractivity contribution in [3.05, 3.63) is 70.3 Å². The molecule has 2 aliphatic rings. The van der Waals surface area contributed by atoms with Crippen LogP contribution in [-0.4, -0.2) is 52.4 Å². The zero-order chi connectivity index (χ0) is 19.7. The molecule has 9 nitrogen and oxygen atoms in total. The molecule has 2 aromatic carbocycles. The van der Waals surface area contributed by atoms with Gasteiger partial charge in [-0.15, -0.1) is 0 Å². The molecule has 2 aromatic rings. The third kappa shape index (κ3) is 3.71. The third-order valence-corrected chi connectivity index (χ3v) is 4.70. The third-order valence-electron chi connectivity index (χ3n) is 4.70. The highest BCUT2D eigenvalue weighted by Crippen LogP contribution is 2.34. The monoisotopic (exact) mass is 389 g/mol. The molecule has 2 saturated heterocycles. The highest BCUT2D eigenvalue weighted by Gasteiger charge is 2.49. The first-order valence-corrected chi connectivity index (χ1v) is 8.77. The van der Waals surface area contributed by atoms with E-state index in [0.29, 0.717) is 0 Å². The van der Waals surface area contributed by atoms with Crippen molar-refractivity contribution < 1.29 is 34.1 Å². The van der Waals surface area contributed by atoms with Crippen molar-refractivity contribution in [1.29, 1.82) is 0 Å². The van der Waals surface area contributed by atoms with Crippen molar-refractivity contribution in [3.8, 4) is 5.75 Å². The lowest BCUT2D eigenvalue weighted by Crippen LogP contribution is -2.62. The number of non-ortho nitro benzene ring substituents is 1. The highest BCUT2D eigenvalue weighted by molar-refractivity contribution is 5.36. The van der Waals surface area contributed by atoms with Gasteiger partial charge in [0.25, 0.3) is 5.69 Å². The molecular formula is C19H19NO8. The van der Waals surface area contributed by atoms with Gasteiger partial charge < -0.3 is 29.2 Å². The number of fused-ring (bicyclic) bond motifs is 1. The van der Waals surface area contributed by atoms with Crippen LogP contribution in [-0.2, 0) is 14.2 Å². The fourth-order valence-electron chi connectivity index (χ4n) is 3.23. The second-order valence-corrected chi connectivity index (χ2v) is 6.57. The van der Waals surface area contributed by atoms with Crippen molar-refractivity contribution in [2.24, 2.45) is 0 Å². The second-order valence-electron chi connectivity index (χ2n) is 6.57. The van der Waals surface area contributed by atoms with Crippen LogP contribution in [0.15, 0.2) is 54.6 Å². The number of aliphatic hydroxyl groups excluding tert-OH is 2. The molecule has 0 radical (unpaired) electrons. The first kappa shape index (κ1) is 18.8. The van der Waals surface area contributed by atoms with E-state index in [1.807, 2.05) is 30.3 Å². The van der Waals surface area contributed by atoms with Gasteiger partial charge in [0.2, 0.25) is 6.29 Å². The summed E-state index contributed by atoms with van der Waals surface area (Å²) < 4.78 is 22.8. The Hall–Kier alpha value is -2.56. The normalized spacial score (nSPS) is 32.4. The van der Waals surface area contributed by atoms with Gasteiger partial charge in [-0.2, -0.15) is 0 Å². The summed E-state index contributed by atoms with van der Waals surface area (Å²) in [5.41, 5.74) is 0.713. The average Bonchev–Trinajstić information content (AvgIpc) is 2.72. The number of benzene rings is 2. The quantitative estimate of drug-likeness (QED) is 0.597. The molecule has 0 spiro atoms. The van der Waals surface area contributed by atoms with E-state index >= 15 is 0 Å². The van der Waals surface area contributed by atoms with Crippen LogP contribution in [0, 0.1) is 10.1 Å².